The van der Waals surface area contributed by atoms with Gasteiger partial charge in [0.1, 0.15) is 21.3 Å². The summed E-state index contributed by atoms with van der Waals surface area (Å²) in [6, 6.07) is 16.8. The highest BCUT2D eigenvalue weighted by Gasteiger charge is 2.21. The Balaban J connectivity index is 1.31. The van der Waals surface area contributed by atoms with Gasteiger partial charge in [-0.2, -0.15) is 0 Å². The minimum atomic E-state index is -3.15. The molecule has 0 saturated carbocycles. The van der Waals surface area contributed by atoms with E-state index < -0.39 is 15.9 Å². The van der Waals surface area contributed by atoms with Crippen LogP contribution in [0.25, 0.3) is 0 Å². The number of para-hydroxylation sites is 1. The van der Waals surface area contributed by atoms with E-state index in [0.29, 0.717) is 44.2 Å². The van der Waals surface area contributed by atoms with Crippen LogP contribution in [0.15, 0.2) is 54.6 Å². The third-order valence-corrected chi connectivity index (χ3v) is 6.69. The van der Waals surface area contributed by atoms with Crippen molar-refractivity contribution in [1.82, 2.24) is 10.2 Å². The van der Waals surface area contributed by atoms with Gasteiger partial charge in [-0.05, 0) is 49.4 Å². The predicted molar refractivity (Wildman–Crippen MR) is 136 cm³/mol. The summed E-state index contributed by atoms with van der Waals surface area (Å²) in [6.07, 6.45) is 1.81. The molecule has 9 nitrogen and oxygen atoms in total. The fourth-order valence-electron chi connectivity index (χ4n) is 3.83. The normalized spacial score (nSPS) is 15.0. The summed E-state index contributed by atoms with van der Waals surface area (Å²) in [5.74, 6) is 1.15. The van der Waals surface area contributed by atoms with Gasteiger partial charge in [0.15, 0.2) is 6.61 Å². The van der Waals surface area contributed by atoms with Crippen LogP contribution in [0, 0.1) is 0 Å². The molecule has 1 fully saturated rings. The van der Waals surface area contributed by atoms with Crippen molar-refractivity contribution >= 4 is 21.4 Å². The van der Waals surface area contributed by atoms with E-state index in [-0.39, 0.29) is 24.9 Å². The lowest BCUT2D eigenvalue weighted by atomic mass is 10.2. The molecule has 0 radical (unpaired) electrons. The quantitative estimate of drug-likeness (QED) is 0.391. The standard InChI is InChI=1S/C25H35N3O6S/c1-35(31,32)20-21(18-29)26-12-5-17-33-23-8-10-24(11-9-23)34-19-25(30)28-15-13-27(14-16-28)22-6-3-2-4-7-22/h2-4,6-11,21,26,29H,5,12-20H2,1H3. The molecule has 1 aliphatic rings. The lowest BCUT2D eigenvalue weighted by molar-refractivity contribution is -0.133. The molecule has 2 aromatic rings. The van der Waals surface area contributed by atoms with Crippen LogP contribution in [-0.2, 0) is 14.6 Å². The molecule has 1 atom stereocenters. The van der Waals surface area contributed by atoms with Crippen molar-refractivity contribution in [1.29, 1.82) is 0 Å². The molecular formula is C25H35N3O6S. The number of carbonyl (C=O) groups is 1. The van der Waals surface area contributed by atoms with Crippen LogP contribution in [0.4, 0.5) is 5.69 Å². The number of anilines is 1. The highest BCUT2D eigenvalue weighted by atomic mass is 32.2. The van der Waals surface area contributed by atoms with Crippen LogP contribution in [0.3, 0.4) is 0 Å². The molecule has 1 saturated heterocycles. The van der Waals surface area contributed by atoms with E-state index >= 15 is 0 Å². The predicted octanol–water partition coefficient (Wildman–Crippen LogP) is 1.18. The second-order valence-electron chi connectivity index (χ2n) is 8.59. The molecular weight excluding hydrogens is 470 g/mol. The molecule has 1 amide bonds. The first-order valence-electron chi connectivity index (χ1n) is 11.8. The molecule has 2 aromatic carbocycles. The Morgan fingerprint density at radius 2 is 1.63 bits per heavy atom. The number of piperazine rings is 1. The van der Waals surface area contributed by atoms with Crippen molar-refractivity contribution in [2.24, 2.45) is 0 Å². The summed E-state index contributed by atoms with van der Waals surface area (Å²) in [7, 11) is -3.15. The Morgan fingerprint density at radius 3 is 2.23 bits per heavy atom. The van der Waals surface area contributed by atoms with E-state index in [1.165, 1.54) is 5.69 Å². The van der Waals surface area contributed by atoms with Gasteiger partial charge in [0, 0.05) is 44.2 Å². The first kappa shape index (κ1) is 26.8. The molecule has 0 bridgehead atoms. The third-order valence-electron chi connectivity index (χ3n) is 5.69. The van der Waals surface area contributed by atoms with Crippen molar-refractivity contribution in [3.05, 3.63) is 54.6 Å². The van der Waals surface area contributed by atoms with Crippen LogP contribution in [-0.4, -0.2) is 94.9 Å². The summed E-state index contributed by atoms with van der Waals surface area (Å²) in [5, 5.41) is 12.3. The molecule has 0 aromatic heterocycles. The van der Waals surface area contributed by atoms with Crippen molar-refractivity contribution in [3.8, 4) is 11.5 Å². The number of hydrogen-bond donors (Lipinski definition) is 2. The maximum Gasteiger partial charge on any atom is 0.260 e. The van der Waals surface area contributed by atoms with Crippen LogP contribution in [0.2, 0.25) is 0 Å². The van der Waals surface area contributed by atoms with E-state index in [2.05, 4.69) is 22.3 Å². The summed E-state index contributed by atoms with van der Waals surface area (Å²) in [4.78, 5) is 16.6. The van der Waals surface area contributed by atoms with Crippen LogP contribution in [0.5, 0.6) is 11.5 Å². The minimum Gasteiger partial charge on any atom is -0.494 e. The van der Waals surface area contributed by atoms with E-state index in [1.54, 1.807) is 24.3 Å². The number of rotatable bonds is 13. The second-order valence-corrected chi connectivity index (χ2v) is 10.8. The van der Waals surface area contributed by atoms with E-state index in [1.807, 2.05) is 23.1 Å². The topological polar surface area (TPSA) is 108 Å². The van der Waals surface area contributed by atoms with Gasteiger partial charge in [-0.15, -0.1) is 0 Å². The molecule has 1 unspecified atom stereocenters. The maximum absolute atomic E-state index is 12.5. The lowest BCUT2D eigenvalue weighted by Gasteiger charge is -2.36. The number of sulfone groups is 1. The van der Waals surface area contributed by atoms with Crippen molar-refractivity contribution in [2.75, 3.05) is 69.5 Å². The summed E-state index contributed by atoms with van der Waals surface area (Å²) in [5.41, 5.74) is 1.18. The Morgan fingerprint density at radius 1 is 1.00 bits per heavy atom. The fraction of sp³-hybridized carbons (Fsp3) is 0.480. The Bertz CT molecular complexity index is 1010. The molecule has 35 heavy (non-hydrogen) atoms. The van der Waals surface area contributed by atoms with Gasteiger partial charge in [0.25, 0.3) is 5.91 Å². The first-order chi connectivity index (χ1) is 16.8. The molecule has 1 aliphatic heterocycles. The van der Waals surface area contributed by atoms with Gasteiger partial charge in [-0.1, -0.05) is 18.2 Å². The zero-order chi connectivity index (χ0) is 25.1. The highest BCUT2D eigenvalue weighted by molar-refractivity contribution is 7.90. The van der Waals surface area contributed by atoms with Gasteiger partial charge in [0.05, 0.1) is 19.0 Å². The second kappa shape index (κ2) is 13.3. The van der Waals surface area contributed by atoms with E-state index in [4.69, 9.17) is 9.47 Å². The Labute approximate surface area is 207 Å². The number of nitrogens with zero attached hydrogens (tertiary/aromatic N) is 2. The van der Waals surface area contributed by atoms with E-state index in [0.717, 1.165) is 19.3 Å². The van der Waals surface area contributed by atoms with Crippen LogP contribution >= 0.6 is 0 Å². The number of aliphatic hydroxyl groups excluding tert-OH is 1. The zero-order valence-electron chi connectivity index (χ0n) is 20.1. The van der Waals surface area contributed by atoms with Gasteiger partial charge in [-0.25, -0.2) is 8.42 Å². The molecule has 3 rings (SSSR count). The number of benzene rings is 2. The summed E-state index contributed by atoms with van der Waals surface area (Å²) >= 11 is 0. The monoisotopic (exact) mass is 505 g/mol. The van der Waals surface area contributed by atoms with Crippen molar-refractivity contribution in [2.45, 2.75) is 12.5 Å². The number of carbonyl (C=O) groups excluding carboxylic acids is 1. The molecule has 2 N–H and O–H groups in total. The molecule has 10 heteroatoms. The SMILES string of the molecule is CS(=O)(=O)CC(CO)NCCCOc1ccc(OCC(=O)N2CCN(c3ccccc3)CC2)cc1. The highest BCUT2D eigenvalue weighted by Crippen LogP contribution is 2.19. The van der Waals surface area contributed by atoms with Gasteiger partial charge in [-0.3, -0.25) is 4.79 Å². The average Bonchev–Trinajstić information content (AvgIpc) is 2.87. The fourth-order valence-corrected chi connectivity index (χ4v) is 4.79. The smallest absolute Gasteiger partial charge is 0.260 e. The lowest BCUT2D eigenvalue weighted by Crippen LogP contribution is -2.50. The molecule has 0 spiro atoms. The van der Waals surface area contributed by atoms with Crippen LogP contribution < -0.4 is 19.7 Å². The van der Waals surface area contributed by atoms with Gasteiger partial charge < -0.3 is 29.7 Å². The Kier molecular flexibility index (Phi) is 10.2. The molecule has 1 heterocycles. The zero-order valence-corrected chi connectivity index (χ0v) is 21.0. The van der Waals surface area contributed by atoms with E-state index in [9.17, 15) is 18.3 Å². The number of aliphatic hydroxyl groups is 1. The van der Waals surface area contributed by atoms with Crippen LogP contribution in [0.1, 0.15) is 6.42 Å². The number of hydrogen-bond acceptors (Lipinski definition) is 8. The Hall–Kier alpha value is -2.82. The minimum absolute atomic E-state index is 0.00326. The average molecular weight is 506 g/mol. The van der Waals surface area contributed by atoms with Gasteiger partial charge >= 0.3 is 0 Å². The number of ether oxygens (including phenoxy) is 2. The number of nitrogens with one attached hydrogen (secondary N) is 1. The summed E-state index contributed by atoms with van der Waals surface area (Å²) in [6.45, 7) is 3.68. The largest absolute Gasteiger partial charge is 0.494 e. The third kappa shape index (κ3) is 9.39. The van der Waals surface area contributed by atoms with Gasteiger partial charge in [0.2, 0.25) is 0 Å². The first-order valence-corrected chi connectivity index (χ1v) is 13.9. The number of amides is 1. The molecule has 192 valence electrons. The van der Waals surface area contributed by atoms with Crippen molar-refractivity contribution in [3.63, 3.8) is 0 Å². The molecule has 0 aliphatic carbocycles. The maximum atomic E-state index is 12.5. The van der Waals surface area contributed by atoms with Crippen molar-refractivity contribution < 1.29 is 27.8 Å². The summed E-state index contributed by atoms with van der Waals surface area (Å²) < 4.78 is 34.0.